The molecule has 0 unspecified atom stereocenters. The van der Waals surface area contributed by atoms with Crippen LogP contribution in [0.2, 0.25) is 5.02 Å². The van der Waals surface area contributed by atoms with Gasteiger partial charge in [-0.2, -0.15) is 0 Å². The summed E-state index contributed by atoms with van der Waals surface area (Å²) in [6.45, 7) is 3.22. The van der Waals surface area contributed by atoms with Crippen molar-refractivity contribution in [2.24, 2.45) is 0 Å². The quantitative estimate of drug-likeness (QED) is 0.832. The number of thioether (sulfide) groups is 1. The van der Waals surface area contributed by atoms with Crippen LogP contribution in [0.1, 0.15) is 13.8 Å². The highest BCUT2D eigenvalue weighted by atomic mass is 35.5. The maximum absolute atomic E-state index is 11.6. The van der Waals surface area contributed by atoms with Gasteiger partial charge in [-0.3, -0.25) is 9.59 Å². The summed E-state index contributed by atoms with van der Waals surface area (Å²) in [7, 11) is 0. The van der Waals surface area contributed by atoms with Gasteiger partial charge in [0.15, 0.2) is 0 Å². The number of nitrogens with one attached hydrogen (secondary N) is 1. The first-order valence-corrected chi connectivity index (χ1v) is 6.30. The number of carbonyl (C=O) groups is 2. The van der Waals surface area contributed by atoms with Crippen molar-refractivity contribution in [3.8, 4) is 0 Å². The number of amides is 1. The van der Waals surface area contributed by atoms with Crippen LogP contribution in [0.5, 0.6) is 0 Å². The van der Waals surface area contributed by atoms with Gasteiger partial charge in [0.25, 0.3) is 0 Å². The molecule has 4 nitrogen and oxygen atoms in total. The third-order valence-corrected chi connectivity index (χ3v) is 3.43. The third kappa shape index (κ3) is 4.75. The maximum atomic E-state index is 11.6. The lowest BCUT2D eigenvalue weighted by molar-refractivity contribution is -0.123. The van der Waals surface area contributed by atoms with Crippen LogP contribution in [-0.4, -0.2) is 28.5 Å². The number of Topliss-reactive ketones (excluding diaryl/α,β-unsaturated/α-hetero) is 1. The minimum atomic E-state index is -0.346. The number of carbonyl (C=O) groups excluding carboxylic acids is 2. The van der Waals surface area contributed by atoms with Crippen LogP contribution < -0.4 is 5.32 Å². The number of aromatic nitrogens is 1. The second-order valence-corrected chi connectivity index (χ2v) is 5.21. The first-order chi connectivity index (χ1) is 8.00. The first-order valence-electron chi connectivity index (χ1n) is 5.05. The molecular weight excluding hydrogens is 260 g/mol. The van der Waals surface area contributed by atoms with Gasteiger partial charge in [-0.15, -0.1) is 0 Å². The summed E-state index contributed by atoms with van der Waals surface area (Å²) in [6.07, 6.45) is 1.62. The Bertz CT molecular complexity index is 426. The Morgan fingerprint density at radius 1 is 1.59 bits per heavy atom. The van der Waals surface area contributed by atoms with E-state index in [2.05, 4.69) is 10.3 Å². The first kappa shape index (κ1) is 14.0. The fraction of sp³-hybridized carbons (Fsp3) is 0.364. The van der Waals surface area contributed by atoms with Gasteiger partial charge in [0.2, 0.25) is 5.91 Å². The molecule has 92 valence electrons. The summed E-state index contributed by atoms with van der Waals surface area (Å²) in [6, 6.07) is 3.45. The van der Waals surface area contributed by atoms with Crippen LogP contribution in [0.25, 0.3) is 0 Å². The average Bonchev–Trinajstić information content (AvgIpc) is 2.28. The van der Waals surface area contributed by atoms with Crippen molar-refractivity contribution in [2.75, 3.05) is 6.54 Å². The van der Waals surface area contributed by atoms with Crippen molar-refractivity contribution in [1.82, 2.24) is 10.3 Å². The van der Waals surface area contributed by atoms with E-state index in [4.69, 9.17) is 11.6 Å². The molecule has 0 spiro atoms. The lowest BCUT2D eigenvalue weighted by atomic mass is 10.4. The second kappa shape index (κ2) is 6.61. The highest BCUT2D eigenvalue weighted by Gasteiger charge is 2.16. The molecule has 0 aliphatic carbocycles. The van der Waals surface area contributed by atoms with Crippen LogP contribution in [0.15, 0.2) is 23.4 Å². The van der Waals surface area contributed by atoms with Crippen LogP contribution in [0.4, 0.5) is 0 Å². The monoisotopic (exact) mass is 272 g/mol. The molecular formula is C11H13ClN2O2S. The van der Waals surface area contributed by atoms with Gasteiger partial charge in [-0.1, -0.05) is 23.4 Å². The molecule has 1 amide bonds. The van der Waals surface area contributed by atoms with Gasteiger partial charge in [0.05, 0.1) is 16.8 Å². The highest BCUT2D eigenvalue weighted by Crippen LogP contribution is 2.27. The summed E-state index contributed by atoms with van der Waals surface area (Å²) >= 11 is 7.19. The fourth-order valence-electron chi connectivity index (χ4n) is 1.03. The van der Waals surface area contributed by atoms with E-state index in [0.717, 1.165) is 0 Å². The lowest BCUT2D eigenvalue weighted by Crippen LogP contribution is -2.34. The summed E-state index contributed by atoms with van der Waals surface area (Å²) in [5, 5.41) is 3.32. The molecule has 0 saturated carbocycles. The molecule has 0 radical (unpaired) electrons. The van der Waals surface area contributed by atoms with E-state index in [9.17, 15) is 9.59 Å². The van der Waals surface area contributed by atoms with E-state index in [0.29, 0.717) is 10.0 Å². The molecule has 0 bridgehead atoms. The zero-order chi connectivity index (χ0) is 12.8. The largest absolute Gasteiger partial charge is 0.348 e. The Morgan fingerprint density at radius 3 is 2.88 bits per heavy atom. The minimum Gasteiger partial charge on any atom is -0.348 e. The molecule has 1 heterocycles. The van der Waals surface area contributed by atoms with Crippen molar-refractivity contribution >= 4 is 35.1 Å². The number of pyridine rings is 1. The third-order valence-electron chi connectivity index (χ3n) is 1.89. The summed E-state index contributed by atoms with van der Waals surface area (Å²) in [5.74, 6) is -0.279. The molecule has 17 heavy (non-hydrogen) atoms. The molecule has 1 aromatic rings. The highest BCUT2D eigenvalue weighted by molar-refractivity contribution is 8.00. The van der Waals surface area contributed by atoms with Gasteiger partial charge >= 0.3 is 0 Å². The number of ketones is 1. The summed E-state index contributed by atoms with van der Waals surface area (Å²) in [4.78, 5) is 26.4. The van der Waals surface area contributed by atoms with Crippen LogP contribution in [0.3, 0.4) is 0 Å². The van der Waals surface area contributed by atoms with E-state index in [1.807, 2.05) is 0 Å². The van der Waals surface area contributed by atoms with E-state index in [1.165, 1.54) is 18.7 Å². The number of hydrogen-bond acceptors (Lipinski definition) is 4. The van der Waals surface area contributed by atoms with E-state index in [-0.39, 0.29) is 23.5 Å². The topological polar surface area (TPSA) is 59.1 Å². The predicted octanol–water partition coefficient (Wildman–Crippen LogP) is 1.92. The summed E-state index contributed by atoms with van der Waals surface area (Å²) < 4.78 is 0. The molecule has 0 fully saturated rings. The smallest absolute Gasteiger partial charge is 0.233 e. The zero-order valence-electron chi connectivity index (χ0n) is 9.57. The van der Waals surface area contributed by atoms with E-state index in [1.54, 1.807) is 25.3 Å². The molecule has 0 aliphatic rings. The Kier molecular flexibility index (Phi) is 5.44. The predicted molar refractivity (Wildman–Crippen MR) is 68.3 cm³/mol. The Hall–Kier alpha value is -1.07. The van der Waals surface area contributed by atoms with Crippen LogP contribution >= 0.6 is 23.4 Å². The molecule has 6 heteroatoms. The average molecular weight is 273 g/mol. The molecule has 0 saturated heterocycles. The lowest BCUT2D eigenvalue weighted by Gasteiger charge is -2.11. The fourth-order valence-corrected chi connectivity index (χ4v) is 2.12. The molecule has 0 aromatic carbocycles. The summed E-state index contributed by atoms with van der Waals surface area (Å²) in [5.41, 5.74) is 0. The number of hydrogen-bond donors (Lipinski definition) is 1. The van der Waals surface area contributed by atoms with Crippen molar-refractivity contribution in [3.63, 3.8) is 0 Å². The SMILES string of the molecule is CC(=O)CNC(=O)[C@H](C)Sc1ncccc1Cl. The van der Waals surface area contributed by atoms with Crippen molar-refractivity contribution in [1.29, 1.82) is 0 Å². The molecule has 1 N–H and O–H groups in total. The molecule has 1 rings (SSSR count). The van der Waals surface area contributed by atoms with E-state index >= 15 is 0 Å². The Morgan fingerprint density at radius 2 is 2.29 bits per heavy atom. The van der Waals surface area contributed by atoms with Gasteiger partial charge in [0, 0.05) is 6.20 Å². The van der Waals surface area contributed by atoms with Crippen molar-refractivity contribution in [2.45, 2.75) is 24.1 Å². The molecule has 1 atom stereocenters. The van der Waals surface area contributed by atoms with Crippen molar-refractivity contribution < 1.29 is 9.59 Å². The number of halogens is 1. The maximum Gasteiger partial charge on any atom is 0.233 e. The number of rotatable bonds is 5. The van der Waals surface area contributed by atoms with Gasteiger partial charge < -0.3 is 5.32 Å². The van der Waals surface area contributed by atoms with E-state index < -0.39 is 0 Å². The minimum absolute atomic E-state index is 0.0552. The standard InChI is InChI=1S/C11H13ClN2O2S/c1-7(15)6-14-10(16)8(2)17-11-9(12)4-3-5-13-11/h3-5,8H,6H2,1-2H3,(H,14,16)/t8-/m0/s1. The van der Waals surface area contributed by atoms with Gasteiger partial charge in [0.1, 0.15) is 10.8 Å². The van der Waals surface area contributed by atoms with Gasteiger partial charge in [-0.05, 0) is 26.0 Å². The molecule has 1 aromatic heterocycles. The number of nitrogens with zero attached hydrogens (tertiary/aromatic N) is 1. The zero-order valence-corrected chi connectivity index (χ0v) is 11.1. The van der Waals surface area contributed by atoms with Gasteiger partial charge in [-0.25, -0.2) is 4.98 Å². The van der Waals surface area contributed by atoms with Crippen molar-refractivity contribution in [3.05, 3.63) is 23.4 Å². The van der Waals surface area contributed by atoms with Crippen LogP contribution in [0, 0.1) is 0 Å². The van der Waals surface area contributed by atoms with Crippen LogP contribution in [-0.2, 0) is 9.59 Å². The molecule has 0 aliphatic heterocycles. The second-order valence-electron chi connectivity index (χ2n) is 3.47. The normalized spacial score (nSPS) is 11.9. The Balaban J connectivity index is 2.54. The Labute approximate surface area is 109 Å².